The molecule has 1 aromatic carbocycles. The van der Waals surface area contributed by atoms with E-state index in [4.69, 9.17) is 4.74 Å². The highest BCUT2D eigenvalue weighted by Crippen LogP contribution is 2.23. The van der Waals surface area contributed by atoms with E-state index in [1.807, 2.05) is 12.1 Å². The Hall–Kier alpha value is -1.55. The number of rotatable bonds is 6. The molecule has 22 heavy (non-hydrogen) atoms. The Bertz CT molecular complexity index is 468. The van der Waals surface area contributed by atoms with Crippen molar-refractivity contribution in [2.45, 2.75) is 45.6 Å². The average molecular weight is 304 g/mol. The van der Waals surface area contributed by atoms with E-state index in [0.29, 0.717) is 6.10 Å². The number of hydrogen-bond donors (Lipinski definition) is 1. The lowest BCUT2D eigenvalue weighted by molar-refractivity contribution is -0.120. The minimum absolute atomic E-state index is 0.101. The molecule has 4 nitrogen and oxygen atoms in total. The van der Waals surface area contributed by atoms with Crippen molar-refractivity contribution >= 4 is 17.3 Å². The van der Waals surface area contributed by atoms with Crippen molar-refractivity contribution in [1.82, 2.24) is 0 Å². The minimum Gasteiger partial charge on any atom is -0.380 e. The maximum atomic E-state index is 12.1. The number of benzene rings is 1. The van der Waals surface area contributed by atoms with Crippen molar-refractivity contribution in [3.63, 3.8) is 0 Å². The van der Waals surface area contributed by atoms with Crippen LogP contribution in [0.1, 0.15) is 39.5 Å². The summed E-state index contributed by atoms with van der Waals surface area (Å²) in [6.07, 6.45) is 4.38. The number of nitrogens with zero attached hydrogens (tertiary/aromatic N) is 1. The smallest absolute Gasteiger partial charge is 0.227 e. The first-order valence-electron chi connectivity index (χ1n) is 8.36. The molecule has 1 amide bonds. The first kappa shape index (κ1) is 16.8. The third-order valence-electron chi connectivity index (χ3n) is 4.57. The minimum atomic E-state index is 0.101. The summed E-state index contributed by atoms with van der Waals surface area (Å²) in [6.45, 7) is 6.12. The largest absolute Gasteiger partial charge is 0.380 e. The normalized spacial score (nSPS) is 18.5. The number of amides is 1. The highest BCUT2D eigenvalue weighted by Gasteiger charge is 2.19. The van der Waals surface area contributed by atoms with Crippen LogP contribution in [-0.2, 0) is 9.53 Å². The number of hydrogen-bond acceptors (Lipinski definition) is 3. The molecule has 0 saturated carbocycles. The molecule has 1 heterocycles. The number of anilines is 2. The molecule has 0 spiro atoms. The van der Waals surface area contributed by atoms with E-state index >= 15 is 0 Å². The predicted molar refractivity (Wildman–Crippen MR) is 91.4 cm³/mol. The second-order valence-electron chi connectivity index (χ2n) is 6.00. The van der Waals surface area contributed by atoms with Gasteiger partial charge in [0.15, 0.2) is 0 Å². The Morgan fingerprint density at radius 2 is 2.00 bits per heavy atom. The molecule has 4 heteroatoms. The van der Waals surface area contributed by atoms with Crippen LogP contribution in [0.5, 0.6) is 0 Å². The molecule has 1 atom stereocenters. The van der Waals surface area contributed by atoms with Crippen molar-refractivity contribution in [1.29, 1.82) is 0 Å². The fraction of sp³-hybridized carbons (Fsp3) is 0.611. The molecule has 1 fully saturated rings. The second kappa shape index (κ2) is 8.18. The lowest BCUT2D eigenvalue weighted by Gasteiger charge is -2.33. The zero-order chi connectivity index (χ0) is 15.9. The first-order chi connectivity index (χ1) is 10.7. The maximum Gasteiger partial charge on any atom is 0.227 e. The number of piperidine rings is 1. The van der Waals surface area contributed by atoms with Crippen LogP contribution >= 0.6 is 0 Å². The first-order valence-corrected chi connectivity index (χ1v) is 8.36. The van der Waals surface area contributed by atoms with Gasteiger partial charge in [-0.3, -0.25) is 4.79 Å². The van der Waals surface area contributed by atoms with E-state index in [1.165, 1.54) is 5.69 Å². The van der Waals surface area contributed by atoms with Gasteiger partial charge in [0.25, 0.3) is 0 Å². The van der Waals surface area contributed by atoms with Crippen molar-refractivity contribution in [3.8, 4) is 0 Å². The Morgan fingerprint density at radius 3 is 2.59 bits per heavy atom. The van der Waals surface area contributed by atoms with Crippen LogP contribution in [0.25, 0.3) is 0 Å². The van der Waals surface area contributed by atoms with Gasteiger partial charge in [-0.25, -0.2) is 0 Å². The summed E-state index contributed by atoms with van der Waals surface area (Å²) in [6, 6.07) is 8.15. The van der Waals surface area contributed by atoms with Gasteiger partial charge in [0, 0.05) is 37.5 Å². The molecular weight excluding hydrogens is 276 g/mol. The van der Waals surface area contributed by atoms with Crippen molar-refractivity contribution in [2.24, 2.45) is 5.92 Å². The molecule has 1 unspecified atom stereocenters. The lowest BCUT2D eigenvalue weighted by Crippen LogP contribution is -2.39. The Balaban J connectivity index is 1.96. The molecule has 0 radical (unpaired) electrons. The third-order valence-corrected chi connectivity index (χ3v) is 4.57. The predicted octanol–water partition coefficient (Wildman–Crippen LogP) is 3.68. The fourth-order valence-corrected chi connectivity index (χ4v) is 3.02. The van der Waals surface area contributed by atoms with Crippen LogP contribution in [-0.4, -0.2) is 32.2 Å². The number of carbonyl (C=O) groups excluding carboxylic acids is 1. The SMILES string of the molecule is CCC(CC)C(=O)Nc1ccc(N2CCCC(OC)C2)cc1. The van der Waals surface area contributed by atoms with Gasteiger partial charge >= 0.3 is 0 Å². The summed E-state index contributed by atoms with van der Waals surface area (Å²) < 4.78 is 5.47. The van der Waals surface area contributed by atoms with Crippen molar-refractivity contribution < 1.29 is 9.53 Å². The summed E-state index contributed by atoms with van der Waals surface area (Å²) in [5.41, 5.74) is 2.07. The van der Waals surface area contributed by atoms with Gasteiger partial charge in [0.2, 0.25) is 5.91 Å². The van der Waals surface area contributed by atoms with Gasteiger partial charge in [0.05, 0.1) is 6.10 Å². The van der Waals surface area contributed by atoms with Crippen LogP contribution in [0.3, 0.4) is 0 Å². The highest BCUT2D eigenvalue weighted by atomic mass is 16.5. The van der Waals surface area contributed by atoms with Crippen LogP contribution < -0.4 is 10.2 Å². The number of ether oxygens (including phenoxy) is 1. The summed E-state index contributed by atoms with van der Waals surface area (Å²) in [5, 5.41) is 3.01. The quantitative estimate of drug-likeness (QED) is 0.871. The number of carbonyl (C=O) groups is 1. The fourth-order valence-electron chi connectivity index (χ4n) is 3.02. The average Bonchev–Trinajstić information content (AvgIpc) is 2.56. The molecule has 1 aromatic rings. The van der Waals surface area contributed by atoms with Crippen LogP contribution in [0, 0.1) is 5.92 Å². The lowest BCUT2D eigenvalue weighted by atomic mass is 10.0. The molecule has 1 saturated heterocycles. The Kier molecular flexibility index (Phi) is 6.25. The molecule has 1 aliphatic rings. The van der Waals surface area contributed by atoms with Gasteiger partial charge in [0.1, 0.15) is 0 Å². The van der Waals surface area contributed by atoms with Crippen LogP contribution in [0.2, 0.25) is 0 Å². The highest BCUT2D eigenvalue weighted by molar-refractivity contribution is 5.92. The molecule has 0 bridgehead atoms. The molecule has 0 aromatic heterocycles. The monoisotopic (exact) mass is 304 g/mol. The summed E-state index contributed by atoms with van der Waals surface area (Å²) >= 11 is 0. The molecule has 1 aliphatic heterocycles. The van der Waals surface area contributed by atoms with Gasteiger partial charge in [-0.15, -0.1) is 0 Å². The molecule has 2 rings (SSSR count). The van der Waals surface area contributed by atoms with Gasteiger partial charge < -0.3 is 15.0 Å². The van der Waals surface area contributed by atoms with Crippen molar-refractivity contribution in [3.05, 3.63) is 24.3 Å². The van der Waals surface area contributed by atoms with E-state index < -0.39 is 0 Å². The Labute approximate surface area is 133 Å². The molecule has 1 N–H and O–H groups in total. The summed E-state index contributed by atoms with van der Waals surface area (Å²) in [4.78, 5) is 14.5. The van der Waals surface area contributed by atoms with Gasteiger partial charge in [-0.05, 0) is 49.9 Å². The van der Waals surface area contributed by atoms with Gasteiger partial charge in [-0.1, -0.05) is 13.8 Å². The number of nitrogens with one attached hydrogen (secondary N) is 1. The molecule has 122 valence electrons. The molecular formula is C18H28N2O2. The zero-order valence-electron chi connectivity index (χ0n) is 14.0. The van der Waals surface area contributed by atoms with E-state index in [1.54, 1.807) is 7.11 Å². The topological polar surface area (TPSA) is 41.6 Å². The summed E-state index contributed by atoms with van der Waals surface area (Å²) in [5.74, 6) is 0.222. The Morgan fingerprint density at radius 1 is 1.32 bits per heavy atom. The maximum absolute atomic E-state index is 12.1. The standard InChI is InChI=1S/C18H28N2O2/c1-4-14(5-2)18(21)19-15-8-10-16(11-9-15)20-12-6-7-17(13-20)22-3/h8-11,14,17H,4-7,12-13H2,1-3H3,(H,19,21). The molecule has 0 aliphatic carbocycles. The van der Waals surface area contributed by atoms with Gasteiger partial charge in [-0.2, -0.15) is 0 Å². The second-order valence-corrected chi connectivity index (χ2v) is 6.00. The van der Waals surface area contributed by atoms with Crippen molar-refractivity contribution in [2.75, 3.05) is 30.4 Å². The zero-order valence-corrected chi connectivity index (χ0v) is 14.0. The summed E-state index contributed by atoms with van der Waals surface area (Å²) in [7, 11) is 1.78. The van der Waals surface area contributed by atoms with E-state index in [0.717, 1.165) is 44.5 Å². The number of methoxy groups -OCH3 is 1. The van der Waals surface area contributed by atoms with E-state index in [-0.39, 0.29) is 11.8 Å². The third kappa shape index (κ3) is 4.23. The van der Waals surface area contributed by atoms with Crippen LogP contribution in [0.15, 0.2) is 24.3 Å². The van der Waals surface area contributed by atoms with Crippen LogP contribution in [0.4, 0.5) is 11.4 Å². The van der Waals surface area contributed by atoms with E-state index in [9.17, 15) is 4.79 Å². The van der Waals surface area contributed by atoms with E-state index in [2.05, 4.69) is 36.2 Å².